The van der Waals surface area contributed by atoms with Gasteiger partial charge < -0.3 is 20.4 Å². The molecule has 2 N–H and O–H groups in total. The van der Waals surface area contributed by atoms with Gasteiger partial charge in [0, 0.05) is 12.4 Å². The number of hydrogen-bond donors (Lipinski definition) is 1. The van der Waals surface area contributed by atoms with Crippen LogP contribution in [0.25, 0.3) is 0 Å². The smallest absolute Gasteiger partial charge is 0.550 e. The molecule has 0 aromatic heterocycles. The third-order valence-corrected chi connectivity index (χ3v) is 3.93. The Morgan fingerprint density at radius 1 is 0.875 bits per heavy atom. The van der Waals surface area contributed by atoms with E-state index in [0.29, 0.717) is 6.61 Å². The van der Waals surface area contributed by atoms with Crippen molar-refractivity contribution in [3.05, 3.63) is 0 Å². The predicted molar refractivity (Wildman–Crippen MR) is 89.6 cm³/mol. The molecule has 0 radical (unpaired) electrons. The van der Waals surface area contributed by atoms with Gasteiger partial charge in [0.25, 0.3) is 0 Å². The molecule has 0 amide bonds. The molecule has 0 aliphatic rings. The monoisotopic (exact) mass is 351 g/mol. The van der Waals surface area contributed by atoms with Crippen LogP contribution in [0.15, 0.2) is 0 Å². The summed E-state index contributed by atoms with van der Waals surface area (Å²) in [7, 11) is 0. The van der Waals surface area contributed by atoms with Crippen molar-refractivity contribution in [1.29, 1.82) is 0 Å². The zero-order chi connectivity index (χ0) is 17.3. The number of carbonyl (C=O) groups is 2. The van der Waals surface area contributed by atoms with Gasteiger partial charge in [-0.2, -0.15) is 0 Å². The van der Waals surface area contributed by atoms with Crippen LogP contribution in [-0.2, 0) is 14.3 Å². The van der Waals surface area contributed by atoms with Crippen molar-refractivity contribution >= 4 is 11.9 Å². The first kappa shape index (κ1) is 26.1. The Hall–Kier alpha value is -0.100. The van der Waals surface area contributed by atoms with Gasteiger partial charge >= 0.3 is 35.5 Å². The molecular weight excluding hydrogens is 317 g/mol. The summed E-state index contributed by atoms with van der Waals surface area (Å²) in [6.45, 7) is 2.56. The van der Waals surface area contributed by atoms with Gasteiger partial charge in [-0.3, -0.25) is 4.79 Å². The second-order valence-electron chi connectivity index (χ2n) is 6.24. The molecule has 0 bridgehead atoms. The van der Waals surface area contributed by atoms with Crippen LogP contribution < -0.4 is 40.4 Å². The number of carboxylic acids is 1. The molecule has 0 aliphatic heterocycles. The molecule has 24 heavy (non-hydrogen) atoms. The fourth-order valence-electron chi connectivity index (χ4n) is 2.49. The molecule has 6 heteroatoms. The van der Waals surface area contributed by atoms with Crippen molar-refractivity contribution in [1.82, 2.24) is 0 Å². The number of hydrogen-bond acceptors (Lipinski definition) is 5. The molecule has 0 aromatic rings. The normalized spacial score (nSPS) is 11.6. The van der Waals surface area contributed by atoms with E-state index in [0.717, 1.165) is 19.3 Å². The first-order valence-corrected chi connectivity index (χ1v) is 9.20. The Morgan fingerprint density at radius 3 is 1.71 bits per heavy atom. The summed E-state index contributed by atoms with van der Waals surface area (Å²) in [4.78, 5) is 21.6. The van der Waals surface area contributed by atoms with E-state index in [1.54, 1.807) is 0 Å². The zero-order valence-electron chi connectivity index (χ0n) is 15.7. The van der Waals surface area contributed by atoms with Gasteiger partial charge in [0.05, 0.1) is 6.61 Å². The van der Waals surface area contributed by atoms with Crippen LogP contribution in [0.3, 0.4) is 0 Å². The summed E-state index contributed by atoms with van der Waals surface area (Å²) in [5, 5.41) is 10.3. The number of rotatable bonds is 16. The van der Waals surface area contributed by atoms with E-state index >= 15 is 0 Å². The average Bonchev–Trinajstić information content (AvgIpc) is 2.51. The molecule has 0 unspecified atom stereocenters. The molecule has 0 rings (SSSR count). The molecule has 0 spiro atoms. The van der Waals surface area contributed by atoms with Crippen LogP contribution in [0.5, 0.6) is 0 Å². The van der Waals surface area contributed by atoms with Crippen molar-refractivity contribution in [3.63, 3.8) is 0 Å². The van der Waals surface area contributed by atoms with Crippen molar-refractivity contribution in [2.75, 3.05) is 6.61 Å². The minimum absolute atomic E-state index is 0. The zero-order valence-corrected chi connectivity index (χ0v) is 17.7. The largest absolute Gasteiger partial charge is 1.00 e. The van der Waals surface area contributed by atoms with Crippen LogP contribution in [0, 0.1) is 0 Å². The van der Waals surface area contributed by atoms with E-state index in [1.165, 1.54) is 57.8 Å². The van der Waals surface area contributed by atoms with E-state index in [4.69, 9.17) is 10.5 Å². The average molecular weight is 351 g/mol. The second-order valence-corrected chi connectivity index (χ2v) is 6.24. The van der Waals surface area contributed by atoms with E-state index in [2.05, 4.69) is 6.92 Å². The van der Waals surface area contributed by atoms with Crippen LogP contribution >= 0.6 is 0 Å². The summed E-state index contributed by atoms with van der Waals surface area (Å²) >= 11 is 0. The Balaban J connectivity index is 0. The van der Waals surface area contributed by atoms with Crippen LogP contribution in [0.2, 0.25) is 0 Å². The Morgan fingerprint density at radius 2 is 1.29 bits per heavy atom. The van der Waals surface area contributed by atoms with Crippen LogP contribution in [0.4, 0.5) is 0 Å². The molecular formula is C18H34NNaO4. The SMILES string of the molecule is CCCCCCCCCCCCCCOC(=O)[C@@H](N)CC(=O)[O-].[Na+]. The number of carbonyl (C=O) groups excluding carboxylic acids is 2. The topological polar surface area (TPSA) is 92.5 Å². The first-order valence-electron chi connectivity index (χ1n) is 9.20. The molecule has 0 aromatic carbocycles. The van der Waals surface area contributed by atoms with Gasteiger partial charge in [-0.1, -0.05) is 77.6 Å². The van der Waals surface area contributed by atoms with E-state index in [9.17, 15) is 14.7 Å². The van der Waals surface area contributed by atoms with Crippen LogP contribution in [0.1, 0.15) is 90.4 Å². The molecule has 0 saturated carbocycles. The number of carboxylic acid groups (broad SMARTS) is 1. The number of esters is 1. The van der Waals surface area contributed by atoms with Gasteiger partial charge in [0.15, 0.2) is 0 Å². The van der Waals surface area contributed by atoms with Crippen LogP contribution in [-0.4, -0.2) is 24.6 Å². The number of aliphatic carboxylic acids is 1. The first-order chi connectivity index (χ1) is 11.1. The van der Waals surface area contributed by atoms with E-state index in [-0.39, 0.29) is 29.6 Å². The van der Waals surface area contributed by atoms with Crippen molar-refractivity contribution in [2.45, 2.75) is 96.4 Å². The standard InChI is InChI=1S/C18H35NO4.Na/c1-2-3-4-5-6-7-8-9-10-11-12-13-14-23-18(22)16(19)15-17(20)21;/h16H,2-15,19H2,1H3,(H,20,21);/q;+1/p-1/t16-;/m0./s1. The number of unbranched alkanes of at least 4 members (excludes halogenated alkanes) is 11. The van der Waals surface area contributed by atoms with Crippen molar-refractivity contribution < 1.29 is 49.0 Å². The Bertz CT molecular complexity index is 313. The minimum atomic E-state index is -1.33. The summed E-state index contributed by atoms with van der Waals surface area (Å²) in [6.07, 6.45) is 14.5. The summed E-state index contributed by atoms with van der Waals surface area (Å²) < 4.78 is 4.94. The molecule has 0 heterocycles. The molecule has 0 fully saturated rings. The Labute approximate surface area is 169 Å². The fourth-order valence-corrected chi connectivity index (χ4v) is 2.49. The molecule has 136 valence electrons. The molecule has 0 aliphatic carbocycles. The van der Waals surface area contributed by atoms with Gasteiger partial charge in [-0.25, -0.2) is 0 Å². The van der Waals surface area contributed by atoms with E-state index < -0.39 is 24.4 Å². The molecule has 0 saturated heterocycles. The maximum atomic E-state index is 11.3. The van der Waals surface area contributed by atoms with Gasteiger partial charge in [0.1, 0.15) is 6.04 Å². The van der Waals surface area contributed by atoms with Gasteiger partial charge in [-0.15, -0.1) is 0 Å². The summed E-state index contributed by atoms with van der Waals surface area (Å²) in [6, 6.07) is -1.11. The number of ether oxygens (including phenoxy) is 1. The van der Waals surface area contributed by atoms with Gasteiger partial charge in [-0.05, 0) is 6.42 Å². The maximum Gasteiger partial charge on any atom is 1.00 e. The van der Waals surface area contributed by atoms with Crippen molar-refractivity contribution in [3.8, 4) is 0 Å². The molecule has 1 atom stereocenters. The number of nitrogens with two attached hydrogens (primary N) is 1. The van der Waals surface area contributed by atoms with E-state index in [1.807, 2.05) is 0 Å². The maximum absolute atomic E-state index is 11.3. The second kappa shape index (κ2) is 19.2. The molecule has 5 nitrogen and oxygen atoms in total. The quantitative estimate of drug-likeness (QED) is 0.234. The third kappa shape index (κ3) is 18.2. The third-order valence-electron chi connectivity index (χ3n) is 3.93. The summed E-state index contributed by atoms with van der Waals surface area (Å²) in [5.41, 5.74) is 5.37. The summed E-state index contributed by atoms with van der Waals surface area (Å²) in [5.74, 6) is -1.99. The minimum Gasteiger partial charge on any atom is -0.550 e. The Kier molecular flexibility index (Phi) is 20.9. The van der Waals surface area contributed by atoms with Gasteiger partial charge in [0.2, 0.25) is 0 Å². The fraction of sp³-hybridized carbons (Fsp3) is 0.889. The predicted octanol–water partition coefficient (Wildman–Crippen LogP) is -0.298. The van der Waals surface area contributed by atoms with Crippen molar-refractivity contribution in [2.24, 2.45) is 5.73 Å².